The van der Waals surface area contributed by atoms with E-state index in [1.165, 1.54) is 7.11 Å². The molecule has 0 saturated heterocycles. The van der Waals surface area contributed by atoms with Crippen molar-refractivity contribution in [1.82, 2.24) is 5.32 Å². The lowest BCUT2D eigenvalue weighted by Crippen LogP contribution is -2.39. The molecule has 1 rings (SSSR count). The smallest absolute Gasteiger partial charge is 0.328 e. The maximum Gasteiger partial charge on any atom is 0.328 e. The molecule has 0 unspecified atom stereocenters. The topological polar surface area (TPSA) is 79.2 Å². The van der Waals surface area contributed by atoms with Gasteiger partial charge in [0, 0.05) is 12.0 Å². The Morgan fingerprint density at radius 1 is 1.45 bits per heavy atom. The molecule has 1 atom stereocenters. The van der Waals surface area contributed by atoms with Gasteiger partial charge in [-0.15, -0.1) is 0 Å². The molecule has 0 spiro atoms. The third kappa shape index (κ3) is 5.80. The molecular formula is C17H20N2O3. The van der Waals surface area contributed by atoms with Crippen LogP contribution < -0.4 is 5.32 Å². The first-order valence-electron chi connectivity index (χ1n) is 7.10. The second-order valence-electron chi connectivity index (χ2n) is 4.80. The van der Waals surface area contributed by atoms with Crippen molar-refractivity contribution in [3.05, 3.63) is 41.5 Å². The SMILES string of the molecule is COC(=O)[C@@H](C)NC(=O)c1cccc(/C=C\CCCC#N)c1. The van der Waals surface area contributed by atoms with Gasteiger partial charge in [-0.2, -0.15) is 5.26 Å². The van der Waals surface area contributed by atoms with Crippen LogP contribution in [0.4, 0.5) is 0 Å². The van der Waals surface area contributed by atoms with Gasteiger partial charge in [0.1, 0.15) is 6.04 Å². The Bertz CT molecular complexity index is 588. The molecule has 5 nitrogen and oxygen atoms in total. The van der Waals surface area contributed by atoms with Crippen molar-refractivity contribution < 1.29 is 14.3 Å². The summed E-state index contributed by atoms with van der Waals surface area (Å²) < 4.78 is 4.57. The van der Waals surface area contributed by atoms with Gasteiger partial charge < -0.3 is 10.1 Å². The summed E-state index contributed by atoms with van der Waals surface area (Å²) in [7, 11) is 1.28. The Morgan fingerprint density at radius 3 is 2.91 bits per heavy atom. The van der Waals surface area contributed by atoms with Crippen LogP contribution in [0.25, 0.3) is 6.08 Å². The van der Waals surface area contributed by atoms with Gasteiger partial charge >= 0.3 is 5.97 Å². The maximum absolute atomic E-state index is 12.1. The molecule has 0 heterocycles. The summed E-state index contributed by atoms with van der Waals surface area (Å²) in [5, 5.41) is 11.0. The summed E-state index contributed by atoms with van der Waals surface area (Å²) in [6.45, 7) is 1.57. The highest BCUT2D eigenvalue weighted by molar-refractivity contribution is 5.97. The number of nitriles is 1. The quantitative estimate of drug-likeness (QED) is 0.620. The van der Waals surface area contributed by atoms with Crippen LogP contribution in [0.5, 0.6) is 0 Å². The number of hydrogen-bond acceptors (Lipinski definition) is 4. The average molecular weight is 300 g/mol. The zero-order valence-corrected chi connectivity index (χ0v) is 12.8. The van der Waals surface area contributed by atoms with E-state index in [0.29, 0.717) is 12.0 Å². The number of esters is 1. The highest BCUT2D eigenvalue weighted by atomic mass is 16.5. The molecule has 0 fully saturated rings. The second-order valence-corrected chi connectivity index (χ2v) is 4.80. The zero-order valence-electron chi connectivity index (χ0n) is 12.8. The van der Waals surface area contributed by atoms with Crippen molar-refractivity contribution in [2.75, 3.05) is 7.11 Å². The van der Waals surface area contributed by atoms with Crippen molar-refractivity contribution in [2.24, 2.45) is 0 Å². The number of methoxy groups -OCH3 is 1. The first-order chi connectivity index (χ1) is 10.6. The summed E-state index contributed by atoms with van der Waals surface area (Å²) in [5.41, 5.74) is 1.38. The van der Waals surface area contributed by atoms with Gasteiger partial charge in [0.25, 0.3) is 5.91 Å². The molecule has 22 heavy (non-hydrogen) atoms. The predicted octanol–water partition coefficient (Wildman–Crippen LogP) is 2.68. The molecule has 0 aliphatic carbocycles. The first-order valence-corrected chi connectivity index (χ1v) is 7.10. The molecule has 1 amide bonds. The van der Waals surface area contributed by atoms with Gasteiger partial charge in [0.15, 0.2) is 0 Å². The van der Waals surface area contributed by atoms with Crippen LogP contribution in [-0.4, -0.2) is 25.0 Å². The third-order valence-electron chi connectivity index (χ3n) is 3.02. The van der Waals surface area contributed by atoms with Crippen molar-refractivity contribution in [3.8, 4) is 6.07 Å². The predicted molar refractivity (Wildman–Crippen MR) is 83.9 cm³/mol. The van der Waals surface area contributed by atoms with E-state index in [0.717, 1.165) is 18.4 Å². The van der Waals surface area contributed by atoms with Crippen LogP contribution in [0.1, 0.15) is 42.1 Å². The molecule has 0 radical (unpaired) electrons. The lowest BCUT2D eigenvalue weighted by atomic mass is 10.1. The Hall–Kier alpha value is -2.61. The minimum absolute atomic E-state index is 0.322. The number of carbonyl (C=O) groups is 2. The van der Waals surface area contributed by atoms with E-state index in [1.54, 1.807) is 25.1 Å². The molecule has 0 aliphatic heterocycles. The molecule has 1 aromatic rings. The molecular weight excluding hydrogens is 280 g/mol. The lowest BCUT2D eigenvalue weighted by Gasteiger charge is -2.11. The van der Waals surface area contributed by atoms with Gasteiger partial charge in [0.2, 0.25) is 0 Å². The Balaban J connectivity index is 2.65. The fraction of sp³-hybridized carbons (Fsp3) is 0.353. The molecule has 0 aliphatic rings. The summed E-state index contributed by atoms with van der Waals surface area (Å²) >= 11 is 0. The molecule has 0 saturated carbocycles. The molecule has 1 N–H and O–H groups in total. The number of ether oxygens (including phenoxy) is 1. The minimum Gasteiger partial charge on any atom is -0.467 e. The highest BCUT2D eigenvalue weighted by Gasteiger charge is 2.16. The summed E-state index contributed by atoms with van der Waals surface area (Å²) in [4.78, 5) is 23.4. The average Bonchev–Trinajstić information content (AvgIpc) is 2.54. The third-order valence-corrected chi connectivity index (χ3v) is 3.02. The van der Waals surface area contributed by atoms with Crippen LogP contribution in [0.2, 0.25) is 0 Å². The van der Waals surface area contributed by atoms with Gasteiger partial charge in [0.05, 0.1) is 13.2 Å². The zero-order chi connectivity index (χ0) is 16.4. The molecule has 0 bridgehead atoms. The summed E-state index contributed by atoms with van der Waals surface area (Å²) in [5.74, 6) is -0.806. The van der Waals surface area contributed by atoms with Gasteiger partial charge in [-0.1, -0.05) is 24.3 Å². The first kappa shape index (κ1) is 17.4. The van der Waals surface area contributed by atoms with E-state index in [1.807, 2.05) is 18.2 Å². The Kier molecular flexibility index (Phi) is 7.41. The van der Waals surface area contributed by atoms with E-state index >= 15 is 0 Å². The molecule has 1 aromatic carbocycles. The minimum atomic E-state index is -0.692. The largest absolute Gasteiger partial charge is 0.467 e. The van der Waals surface area contributed by atoms with Crippen molar-refractivity contribution >= 4 is 18.0 Å². The van der Waals surface area contributed by atoms with E-state index in [2.05, 4.69) is 16.1 Å². The highest BCUT2D eigenvalue weighted by Crippen LogP contribution is 2.09. The van der Waals surface area contributed by atoms with Crippen LogP contribution in [0, 0.1) is 11.3 Å². The van der Waals surface area contributed by atoms with Crippen molar-refractivity contribution in [1.29, 1.82) is 5.26 Å². The number of amides is 1. The van der Waals surface area contributed by atoms with Gasteiger partial charge in [-0.25, -0.2) is 4.79 Å². The normalized spacial score (nSPS) is 11.7. The monoisotopic (exact) mass is 300 g/mol. The summed E-state index contributed by atoms with van der Waals surface area (Å²) in [6, 6.07) is 8.52. The van der Waals surface area contributed by atoms with Crippen molar-refractivity contribution in [2.45, 2.75) is 32.2 Å². The number of nitrogens with zero attached hydrogens (tertiary/aromatic N) is 1. The fourth-order valence-electron chi connectivity index (χ4n) is 1.82. The van der Waals surface area contributed by atoms with Crippen molar-refractivity contribution in [3.63, 3.8) is 0 Å². The number of rotatable bonds is 7. The van der Waals surface area contributed by atoms with Crippen LogP contribution >= 0.6 is 0 Å². The number of nitrogens with one attached hydrogen (secondary N) is 1. The molecule has 0 aromatic heterocycles. The van der Waals surface area contributed by atoms with Gasteiger partial charge in [-0.05, 0) is 37.5 Å². The maximum atomic E-state index is 12.1. The molecule has 116 valence electrons. The number of benzene rings is 1. The summed E-state index contributed by atoms with van der Waals surface area (Å²) in [6.07, 6.45) is 6.08. The number of allylic oxidation sites excluding steroid dienone is 1. The van der Waals surface area contributed by atoms with E-state index in [4.69, 9.17) is 5.26 Å². The number of unbranched alkanes of at least 4 members (excludes halogenated alkanes) is 2. The number of hydrogen-bond donors (Lipinski definition) is 1. The Labute approximate surface area is 130 Å². The van der Waals surface area contributed by atoms with E-state index in [-0.39, 0.29) is 5.91 Å². The van der Waals surface area contributed by atoms with Crippen LogP contribution in [0.15, 0.2) is 30.3 Å². The fourth-order valence-corrected chi connectivity index (χ4v) is 1.82. The Morgan fingerprint density at radius 2 is 2.23 bits per heavy atom. The van der Waals surface area contributed by atoms with Crippen LogP contribution in [0.3, 0.4) is 0 Å². The second kappa shape index (κ2) is 9.35. The van der Waals surface area contributed by atoms with Crippen LogP contribution in [-0.2, 0) is 9.53 Å². The molecule has 5 heteroatoms. The number of carbonyl (C=O) groups excluding carboxylic acids is 2. The van der Waals surface area contributed by atoms with Gasteiger partial charge in [-0.3, -0.25) is 4.79 Å². The lowest BCUT2D eigenvalue weighted by molar-refractivity contribution is -0.142. The van der Waals surface area contributed by atoms with E-state index < -0.39 is 12.0 Å². The van der Waals surface area contributed by atoms with E-state index in [9.17, 15) is 9.59 Å². The standard InChI is InChI=1S/C17H20N2O3/c1-13(17(21)22-2)19-16(20)15-10-7-9-14(12-15)8-5-3-4-6-11-18/h5,7-10,12-13H,3-4,6H2,1-2H3,(H,19,20)/b8-5-/t13-/m1/s1.